The second-order valence-corrected chi connectivity index (χ2v) is 6.82. The molecule has 0 N–H and O–H groups in total. The van der Waals surface area contributed by atoms with Crippen LogP contribution in [0.3, 0.4) is 0 Å². The van der Waals surface area contributed by atoms with Gasteiger partial charge in [0.05, 0.1) is 24.6 Å². The van der Waals surface area contributed by atoms with Gasteiger partial charge in [-0.05, 0) is 53.9 Å². The number of benzene rings is 1. The fourth-order valence-corrected chi connectivity index (χ4v) is 3.79. The number of hydrogen-bond donors (Lipinski definition) is 0. The predicted molar refractivity (Wildman–Crippen MR) is 93.5 cm³/mol. The number of rotatable bonds is 5. The summed E-state index contributed by atoms with van der Waals surface area (Å²) in [5.41, 5.74) is 1.18. The molecule has 6 nitrogen and oxygen atoms in total. The highest BCUT2D eigenvalue weighted by molar-refractivity contribution is 9.10. The van der Waals surface area contributed by atoms with Gasteiger partial charge in [0.1, 0.15) is 0 Å². The molecule has 2 aromatic rings. The lowest BCUT2D eigenvalue weighted by Gasteiger charge is -2.31. The van der Waals surface area contributed by atoms with E-state index in [-0.39, 0.29) is 0 Å². The largest absolute Gasteiger partial charge is 0.493 e. The molecule has 1 fully saturated rings. The number of aryl methyl sites for hydroxylation is 1. The molecule has 7 heteroatoms. The average Bonchev–Trinajstić information content (AvgIpc) is 3.03. The fourth-order valence-electron chi connectivity index (χ4n) is 3.17. The van der Waals surface area contributed by atoms with E-state index in [1.165, 1.54) is 5.56 Å². The van der Waals surface area contributed by atoms with Gasteiger partial charge in [-0.15, -0.1) is 0 Å². The first-order valence-electron chi connectivity index (χ1n) is 8.04. The van der Waals surface area contributed by atoms with Crippen LogP contribution in [0, 0.1) is 6.92 Å². The SMILES string of the molecule is COc1ccc(CN2CCCC(c3nc(C)no3)C2)c(Br)c1OC. The molecule has 3 rings (SSSR count). The fraction of sp³-hybridized carbons (Fsp3) is 0.529. The van der Waals surface area contributed by atoms with Gasteiger partial charge in [-0.3, -0.25) is 4.90 Å². The second-order valence-electron chi connectivity index (χ2n) is 6.03. The third-order valence-corrected chi connectivity index (χ3v) is 5.23. The lowest BCUT2D eigenvalue weighted by atomic mass is 9.97. The Morgan fingerprint density at radius 1 is 1.33 bits per heavy atom. The van der Waals surface area contributed by atoms with Crippen LogP contribution in [0.2, 0.25) is 0 Å². The minimum Gasteiger partial charge on any atom is -0.493 e. The number of ether oxygens (including phenoxy) is 2. The topological polar surface area (TPSA) is 60.6 Å². The van der Waals surface area contributed by atoms with Crippen molar-refractivity contribution in [3.8, 4) is 11.5 Å². The molecule has 0 bridgehead atoms. The van der Waals surface area contributed by atoms with Crippen LogP contribution >= 0.6 is 15.9 Å². The van der Waals surface area contributed by atoms with E-state index in [0.717, 1.165) is 54.3 Å². The van der Waals surface area contributed by atoms with Crippen LogP contribution in [-0.2, 0) is 6.54 Å². The summed E-state index contributed by atoms with van der Waals surface area (Å²) in [4.78, 5) is 6.81. The van der Waals surface area contributed by atoms with E-state index in [0.29, 0.717) is 11.7 Å². The minimum absolute atomic E-state index is 0.305. The van der Waals surface area contributed by atoms with Gasteiger partial charge in [0.15, 0.2) is 17.3 Å². The molecule has 0 amide bonds. The quantitative estimate of drug-likeness (QED) is 0.771. The van der Waals surface area contributed by atoms with Crippen molar-refractivity contribution in [2.24, 2.45) is 0 Å². The zero-order chi connectivity index (χ0) is 17.1. The zero-order valence-electron chi connectivity index (χ0n) is 14.2. The maximum absolute atomic E-state index is 5.47. The van der Waals surface area contributed by atoms with Crippen molar-refractivity contribution < 1.29 is 14.0 Å². The van der Waals surface area contributed by atoms with Crippen molar-refractivity contribution in [1.29, 1.82) is 0 Å². The van der Waals surface area contributed by atoms with Gasteiger partial charge in [0, 0.05) is 13.1 Å². The van der Waals surface area contributed by atoms with Gasteiger partial charge < -0.3 is 14.0 Å². The molecule has 1 saturated heterocycles. The molecule has 1 atom stereocenters. The Hall–Kier alpha value is -1.60. The number of likely N-dealkylation sites (tertiary alicyclic amines) is 1. The van der Waals surface area contributed by atoms with E-state index < -0.39 is 0 Å². The summed E-state index contributed by atoms with van der Waals surface area (Å²) in [6, 6.07) is 4.02. The van der Waals surface area contributed by atoms with E-state index in [2.05, 4.69) is 37.0 Å². The Balaban J connectivity index is 1.74. The van der Waals surface area contributed by atoms with E-state index in [4.69, 9.17) is 14.0 Å². The van der Waals surface area contributed by atoms with Crippen LogP contribution in [0.5, 0.6) is 11.5 Å². The van der Waals surface area contributed by atoms with Gasteiger partial charge in [0.2, 0.25) is 5.89 Å². The molecule has 0 aliphatic carbocycles. The van der Waals surface area contributed by atoms with E-state index in [1.807, 2.05) is 13.0 Å². The minimum atomic E-state index is 0.305. The summed E-state index contributed by atoms with van der Waals surface area (Å²) in [5, 5.41) is 3.91. The van der Waals surface area contributed by atoms with E-state index in [1.54, 1.807) is 14.2 Å². The van der Waals surface area contributed by atoms with Crippen molar-refractivity contribution >= 4 is 15.9 Å². The third kappa shape index (κ3) is 3.57. The molecule has 1 aliphatic rings. The molecule has 24 heavy (non-hydrogen) atoms. The Morgan fingerprint density at radius 2 is 2.17 bits per heavy atom. The van der Waals surface area contributed by atoms with Crippen LogP contribution in [0.1, 0.15) is 36.0 Å². The van der Waals surface area contributed by atoms with E-state index >= 15 is 0 Å². The lowest BCUT2D eigenvalue weighted by molar-refractivity contribution is 0.179. The maximum atomic E-state index is 5.47. The zero-order valence-corrected chi connectivity index (χ0v) is 15.8. The van der Waals surface area contributed by atoms with Crippen LogP contribution < -0.4 is 9.47 Å². The smallest absolute Gasteiger partial charge is 0.231 e. The summed E-state index contributed by atoms with van der Waals surface area (Å²) >= 11 is 3.65. The highest BCUT2D eigenvalue weighted by atomic mass is 79.9. The molecule has 0 saturated carbocycles. The molecule has 1 aliphatic heterocycles. The van der Waals surface area contributed by atoms with Gasteiger partial charge in [0.25, 0.3) is 0 Å². The molecule has 0 spiro atoms. The number of aromatic nitrogens is 2. The van der Waals surface area contributed by atoms with Crippen LogP contribution in [0.15, 0.2) is 21.1 Å². The summed E-state index contributed by atoms with van der Waals surface area (Å²) in [6.45, 7) is 4.67. The first-order valence-corrected chi connectivity index (χ1v) is 8.83. The lowest BCUT2D eigenvalue weighted by Crippen LogP contribution is -2.34. The van der Waals surface area contributed by atoms with Crippen LogP contribution in [0.25, 0.3) is 0 Å². The van der Waals surface area contributed by atoms with Crippen molar-refractivity contribution in [2.75, 3.05) is 27.3 Å². The molecule has 2 heterocycles. The van der Waals surface area contributed by atoms with Crippen molar-refractivity contribution in [3.63, 3.8) is 0 Å². The Morgan fingerprint density at radius 3 is 2.83 bits per heavy atom. The van der Waals surface area contributed by atoms with Crippen molar-refractivity contribution in [3.05, 3.63) is 33.9 Å². The maximum Gasteiger partial charge on any atom is 0.231 e. The third-order valence-electron chi connectivity index (χ3n) is 4.36. The molecular weight excluding hydrogens is 374 g/mol. The highest BCUT2D eigenvalue weighted by Crippen LogP contribution is 2.38. The van der Waals surface area contributed by atoms with Gasteiger partial charge in [-0.25, -0.2) is 0 Å². The van der Waals surface area contributed by atoms with Crippen LogP contribution in [-0.4, -0.2) is 42.3 Å². The monoisotopic (exact) mass is 395 g/mol. The molecule has 1 aromatic heterocycles. The Labute approximate surface area is 150 Å². The Bertz CT molecular complexity index is 704. The van der Waals surface area contributed by atoms with E-state index in [9.17, 15) is 0 Å². The summed E-state index contributed by atoms with van der Waals surface area (Å²) in [5.74, 6) is 3.22. The number of piperidine rings is 1. The van der Waals surface area contributed by atoms with Gasteiger partial charge >= 0.3 is 0 Å². The molecule has 1 aromatic carbocycles. The number of methoxy groups -OCH3 is 2. The first kappa shape index (κ1) is 17.2. The molecular formula is C17H22BrN3O3. The number of nitrogens with zero attached hydrogens (tertiary/aromatic N) is 3. The number of halogens is 1. The van der Waals surface area contributed by atoms with Gasteiger partial charge in [-0.2, -0.15) is 4.98 Å². The molecule has 0 radical (unpaired) electrons. The Kier molecular flexibility index (Phi) is 5.40. The first-order chi connectivity index (χ1) is 11.6. The summed E-state index contributed by atoms with van der Waals surface area (Å²) in [7, 11) is 3.30. The average molecular weight is 396 g/mol. The van der Waals surface area contributed by atoms with Crippen LogP contribution in [0.4, 0.5) is 0 Å². The number of hydrogen-bond acceptors (Lipinski definition) is 6. The predicted octanol–water partition coefficient (Wildman–Crippen LogP) is 3.54. The second kappa shape index (κ2) is 7.53. The highest BCUT2D eigenvalue weighted by Gasteiger charge is 2.26. The molecule has 1 unspecified atom stereocenters. The van der Waals surface area contributed by atoms with Gasteiger partial charge in [-0.1, -0.05) is 11.2 Å². The van der Waals surface area contributed by atoms with Crippen molar-refractivity contribution in [2.45, 2.75) is 32.2 Å². The summed E-state index contributed by atoms with van der Waals surface area (Å²) < 4.78 is 17.1. The van der Waals surface area contributed by atoms with Crippen molar-refractivity contribution in [1.82, 2.24) is 15.0 Å². The standard InChI is InChI=1S/C17H22BrN3O3/c1-11-19-17(24-20-11)13-5-4-8-21(10-13)9-12-6-7-14(22-2)16(23-3)15(12)18/h6-7,13H,4-5,8-10H2,1-3H3. The summed E-state index contributed by atoms with van der Waals surface area (Å²) in [6.07, 6.45) is 2.21. The molecule has 130 valence electrons. The normalized spacial score (nSPS) is 18.6.